The van der Waals surface area contributed by atoms with Crippen LogP contribution in [0.1, 0.15) is 6.92 Å². The normalized spacial score (nSPS) is 9.67. The van der Waals surface area contributed by atoms with Gasteiger partial charge in [-0.05, 0) is 0 Å². The molecular formula is C8H12O4. The average Bonchev–Trinajstić information content (AvgIpc) is 1.99. The van der Waals surface area contributed by atoms with Gasteiger partial charge in [-0.1, -0.05) is 19.4 Å². The molecule has 0 saturated carbocycles. The molecule has 0 heterocycles. The first-order valence-corrected chi connectivity index (χ1v) is 3.16. The molecule has 0 saturated heterocycles. The second kappa shape index (κ2) is 9.37. The van der Waals surface area contributed by atoms with Gasteiger partial charge in [-0.25, -0.2) is 4.79 Å². The third kappa shape index (κ3) is 23.8. The fraction of sp³-hybridized carbons (Fsp3) is 0.375. The van der Waals surface area contributed by atoms with Crippen LogP contribution in [-0.4, -0.2) is 23.0 Å². The Morgan fingerprint density at radius 1 is 1.83 bits per heavy atom. The molecule has 2 N–H and O–H groups in total. The molecule has 0 aliphatic rings. The smallest absolute Gasteiger partial charge is 0.450 e. The Balaban J connectivity index is 0. The van der Waals surface area contributed by atoms with Crippen LogP contribution in [0.3, 0.4) is 0 Å². The Kier molecular flexibility index (Phi) is 10.1. The van der Waals surface area contributed by atoms with Crippen molar-refractivity contribution in [1.82, 2.24) is 0 Å². The SMILES string of the molecule is C#COCC(C)C=C.O=C(O)O. The van der Waals surface area contributed by atoms with Crippen molar-refractivity contribution in [3.63, 3.8) is 0 Å². The first kappa shape index (κ1) is 13.0. The number of hydrogen-bond acceptors (Lipinski definition) is 2. The lowest BCUT2D eigenvalue weighted by atomic mass is 10.2. The Labute approximate surface area is 71.5 Å². The van der Waals surface area contributed by atoms with E-state index in [9.17, 15) is 0 Å². The maximum absolute atomic E-state index is 8.56. The topological polar surface area (TPSA) is 66.8 Å². The molecule has 4 heteroatoms. The summed E-state index contributed by atoms with van der Waals surface area (Å²) in [4.78, 5) is 8.56. The van der Waals surface area contributed by atoms with E-state index in [0.29, 0.717) is 12.5 Å². The highest BCUT2D eigenvalue weighted by atomic mass is 16.6. The van der Waals surface area contributed by atoms with Gasteiger partial charge in [0.05, 0.1) is 0 Å². The van der Waals surface area contributed by atoms with Gasteiger partial charge in [0, 0.05) is 5.92 Å². The lowest BCUT2D eigenvalue weighted by Crippen LogP contribution is -1.97. The highest BCUT2D eigenvalue weighted by Crippen LogP contribution is 1.93. The average molecular weight is 172 g/mol. The predicted octanol–water partition coefficient (Wildman–Crippen LogP) is 1.64. The van der Waals surface area contributed by atoms with Crippen LogP contribution in [0.4, 0.5) is 4.79 Å². The standard InChI is InChI=1S/C7H10O.CH2O3/c1-4-7(3)6-8-5-2;2-1(3)4/h2,4,7H,1,6H2,3H3;(H2,2,3,4). The number of terminal acetylenes is 1. The summed E-state index contributed by atoms with van der Waals surface area (Å²) >= 11 is 0. The van der Waals surface area contributed by atoms with Crippen molar-refractivity contribution in [3.05, 3.63) is 12.7 Å². The van der Waals surface area contributed by atoms with E-state index in [1.54, 1.807) is 6.08 Å². The second-order valence-electron chi connectivity index (χ2n) is 1.92. The zero-order chi connectivity index (χ0) is 9.98. The fourth-order valence-corrected chi connectivity index (χ4v) is 0.248. The number of carboxylic acid groups (broad SMARTS) is 2. The van der Waals surface area contributed by atoms with Crippen molar-refractivity contribution < 1.29 is 19.7 Å². The summed E-state index contributed by atoms with van der Waals surface area (Å²) in [5.41, 5.74) is 0. The second-order valence-corrected chi connectivity index (χ2v) is 1.92. The van der Waals surface area contributed by atoms with Crippen LogP contribution >= 0.6 is 0 Å². The van der Waals surface area contributed by atoms with Crippen molar-refractivity contribution >= 4 is 6.16 Å². The molecule has 68 valence electrons. The number of carbonyl (C=O) groups is 1. The molecule has 0 aromatic carbocycles. The summed E-state index contributed by atoms with van der Waals surface area (Å²) in [6.45, 7) is 6.12. The Bertz CT molecular complexity index is 164. The summed E-state index contributed by atoms with van der Waals surface area (Å²) in [5.74, 6) is 0.353. The molecule has 0 amide bonds. The summed E-state index contributed by atoms with van der Waals surface area (Å²) < 4.78 is 4.64. The number of rotatable bonds is 3. The maximum atomic E-state index is 8.56. The number of ether oxygens (including phenoxy) is 1. The van der Waals surface area contributed by atoms with E-state index in [4.69, 9.17) is 21.4 Å². The monoisotopic (exact) mass is 172 g/mol. The molecule has 0 spiro atoms. The first-order chi connectivity index (χ1) is 5.54. The Hall–Kier alpha value is -1.63. The molecule has 0 aliphatic heterocycles. The van der Waals surface area contributed by atoms with Crippen molar-refractivity contribution in [1.29, 1.82) is 0 Å². The van der Waals surface area contributed by atoms with Gasteiger partial charge in [0.15, 0.2) is 0 Å². The highest BCUT2D eigenvalue weighted by Gasteiger charge is 1.91. The van der Waals surface area contributed by atoms with E-state index in [2.05, 4.69) is 17.4 Å². The largest absolute Gasteiger partial charge is 0.503 e. The molecule has 0 fully saturated rings. The van der Waals surface area contributed by atoms with Gasteiger partial charge in [-0.15, -0.1) is 6.58 Å². The van der Waals surface area contributed by atoms with Gasteiger partial charge >= 0.3 is 6.16 Å². The molecule has 1 unspecified atom stereocenters. The number of hydrogen-bond donors (Lipinski definition) is 2. The van der Waals surface area contributed by atoms with Gasteiger partial charge in [-0.2, -0.15) is 0 Å². The van der Waals surface area contributed by atoms with Crippen molar-refractivity contribution in [2.24, 2.45) is 5.92 Å². The van der Waals surface area contributed by atoms with E-state index in [1.807, 2.05) is 6.92 Å². The first-order valence-electron chi connectivity index (χ1n) is 3.16. The minimum Gasteiger partial charge on any atom is -0.450 e. The molecule has 0 bridgehead atoms. The van der Waals surface area contributed by atoms with Crippen molar-refractivity contribution in [3.8, 4) is 12.5 Å². The lowest BCUT2D eigenvalue weighted by molar-refractivity contribution is 0.137. The van der Waals surface area contributed by atoms with E-state index in [-0.39, 0.29) is 0 Å². The van der Waals surface area contributed by atoms with E-state index in [1.165, 1.54) is 0 Å². The Morgan fingerprint density at radius 2 is 2.25 bits per heavy atom. The van der Waals surface area contributed by atoms with Gasteiger partial charge < -0.3 is 14.9 Å². The van der Waals surface area contributed by atoms with Crippen LogP contribution in [-0.2, 0) is 4.74 Å². The molecule has 0 rings (SSSR count). The van der Waals surface area contributed by atoms with Gasteiger partial charge in [0.25, 0.3) is 0 Å². The van der Waals surface area contributed by atoms with Gasteiger partial charge in [-0.3, -0.25) is 0 Å². The fourth-order valence-electron chi connectivity index (χ4n) is 0.248. The Morgan fingerprint density at radius 3 is 2.50 bits per heavy atom. The van der Waals surface area contributed by atoms with Gasteiger partial charge in [0.2, 0.25) is 0 Å². The van der Waals surface area contributed by atoms with Crippen molar-refractivity contribution in [2.45, 2.75) is 6.92 Å². The summed E-state index contributed by atoms with van der Waals surface area (Å²) in [6, 6.07) is 0. The molecule has 1 atom stereocenters. The molecule has 0 aromatic heterocycles. The van der Waals surface area contributed by atoms with Crippen LogP contribution in [0.2, 0.25) is 0 Å². The van der Waals surface area contributed by atoms with E-state index in [0.717, 1.165) is 0 Å². The third-order valence-corrected chi connectivity index (χ3v) is 0.832. The summed E-state index contributed by atoms with van der Waals surface area (Å²) in [7, 11) is 0. The quantitative estimate of drug-likeness (QED) is 0.501. The van der Waals surface area contributed by atoms with Crippen LogP contribution < -0.4 is 0 Å². The van der Waals surface area contributed by atoms with Crippen molar-refractivity contribution in [2.75, 3.05) is 6.61 Å². The molecule has 0 radical (unpaired) electrons. The minimum absolute atomic E-state index is 0.353. The summed E-state index contributed by atoms with van der Waals surface area (Å²) in [6.07, 6.45) is 6.88. The molecule has 12 heavy (non-hydrogen) atoms. The van der Waals surface area contributed by atoms with E-state index >= 15 is 0 Å². The molecule has 0 aromatic rings. The zero-order valence-corrected chi connectivity index (χ0v) is 6.86. The predicted molar refractivity (Wildman–Crippen MR) is 44.8 cm³/mol. The summed E-state index contributed by atoms with van der Waals surface area (Å²) in [5, 5.41) is 13.9. The third-order valence-electron chi connectivity index (χ3n) is 0.832. The maximum Gasteiger partial charge on any atom is 0.503 e. The molecule has 4 nitrogen and oxygen atoms in total. The lowest BCUT2D eigenvalue weighted by Gasteiger charge is -2.00. The van der Waals surface area contributed by atoms with E-state index < -0.39 is 6.16 Å². The van der Waals surface area contributed by atoms with Crippen LogP contribution in [0, 0.1) is 18.4 Å². The highest BCUT2D eigenvalue weighted by molar-refractivity contribution is 5.53. The van der Waals surface area contributed by atoms with Gasteiger partial charge in [0.1, 0.15) is 12.7 Å². The minimum atomic E-state index is -1.83. The molecule has 0 aliphatic carbocycles. The van der Waals surface area contributed by atoms with Crippen LogP contribution in [0.5, 0.6) is 0 Å². The van der Waals surface area contributed by atoms with Crippen LogP contribution in [0.15, 0.2) is 12.7 Å². The molecular weight excluding hydrogens is 160 g/mol. The van der Waals surface area contributed by atoms with Crippen LogP contribution in [0.25, 0.3) is 0 Å². The zero-order valence-electron chi connectivity index (χ0n) is 6.86.